The maximum atomic E-state index is 12.4. The van der Waals surface area contributed by atoms with Crippen LogP contribution in [0.1, 0.15) is 39.5 Å². The maximum absolute atomic E-state index is 12.4. The monoisotopic (exact) mass is 242 g/mol. The summed E-state index contributed by atoms with van der Waals surface area (Å²) in [7, 11) is -3.10. The Labute approximate surface area is 98.9 Å². The van der Waals surface area contributed by atoms with Gasteiger partial charge in [-0.1, -0.05) is 25.2 Å². The number of allylic oxidation sites excluding steroid dienone is 3. The van der Waals surface area contributed by atoms with Crippen LogP contribution in [0.5, 0.6) is 0 Å². The molecule has 16 heavy (non-hydrogen) atoms. The Bertz CT molecular complexity index is 322. The highest BCUT2D eigenvalue weighted by Gasteiger charge is 2.45. The summed E-state index contributed by atoms with van der Waals surface area (Å²) in [6.45, 7) is 7.66. The van der Waals surface area contributed by atoms with Gasteiger partial charge in [-0.25, -0.2) is 0 Å². The van der Waals surface area contributed by atoms with Gasteiger partial charge in [-0.2, -0.15) is 0 Å². The molecule has 3 unspecified atom stereocenters. The normalized spacial score (nSPS) is 33.3. The fourth-order valence-electron chi connectivity index (χ4n) is 2.28. The quantitative estimate of drug-likeness (QED) is 0.450. The Morgan fingerprint density at radius 1 is 1.69 bits per heavy atom. The van der Waals surface area contributed by atoms with Crippen LogP contribution in [0, 0.1) is 5.92 Å². The molecule has 0 fully saturated rings. The molecule has 0 saturated carbocycles. The second kappa shape index (κ2) is 5.33. The van der Waals surface area contributed by atoms with Gasteiger partial charge in [-0.15, -0.1) is 6.58 Å². The van der Waals surface area contributed by atoms with Gasteiger partial charge in [0.2, 0.25) is 7.37 Å². The zero-order valence-electron chi connectivity index (χ0n) is 10.4. The van der Waals surface area contributed by atoms with E-state index in [9.17, 15) is 9.46 Å². The van der Waals surface area contributed by atoms with Gasteiger partial charge in [0.15, 0.2) is 0 Å². The van der Waals surface area contributed by atoms with Crippen LogP contribution in [0.15, 0.2) is 24.8 Å². The van der Waals surface area contributed by atoms with E-state index in [0.717, 1.165) is 25.7 Å². The van der Waals surface area contributed by atoms with Crippen molar-refractivity contribution in [3.05, 3.63) is 24.8 Å². The van der Waals surface area contributed by atoms with Crippen molar-refractivity contribution in [2.75, 3.05) is 6.16 Å². The predicted octanol–water partition coefficient (Wildman–Crippen LogP) is 3.97. The molecule has 1 aliphatic carbocycles. The van der Waals surface area contributed by atoms with Gasteiger partial charge in [0.25, 0.3) is 0 Å². The van der Waals surface area contributed by atoms with E-state index in [0.29, 0.717) is 6.16 Å². The van der Waals surface area contributed by atoms with Crippen molar-refractivity contribution in [1.82, 2.24) is 0 Å². The molecule has 3 heteroatoms. The summed E-state index contributed by atoms with van der Waals surface area (Å²) in [6.07, 6.45) is 9.85. The summed E-state index contributed by atoms with van der Waals surface area (Å²) in [5.74, 6) is 0.289. The van der Waals surface area contributed by atoms with Crippen LogP contribution < -0.4 is 0 Å². The van der Waals surface area contributed by atoms with Crippen molar-refractivity contribution in [3.8, 4) is 0 Å². The number of hydrogen-bond acceptors (Lipinski definition) is 1. The molecule has 0 spiro atoms. The van der Waals surface area contributed by atoms with Crippen molar-refractivity contribution in [2.24, 2.45) is 5.92 Å². The number of rotatable bonds is 5. The van der Waals surface area contributed by atoms with Crippen molar-refractivity contribution >= 4 is 7.37 Å². The highest BCUT2D eigenvalue weighted by Crippen LogP contribution is 2.60. The summed E-state index contributed by atoms with van der Waals surface area (Å²) in [6, 6.07) is 0. The average Bonchev–Trinajstić information content (AvgIpc) is 2.22. The molecule has 0 heterocycles. The molecule has 0 aromatic carbocycles. The zero-order chi connectivity index (χ0) is 12.2. The van der Waals surface area contributed by atoms with Crippen LogP contribution in [0.3, 0.4) is 0 Å². The Hall–Kier alpha value is -0.330. The average molecular weight is 242 g/mol. The van der Waals surface area contributed by atoms with Gasteiger partial charge >= 0.3 is 0 Å². The van der Waals surface area contributed by atoms with Crippen LogP contribution in [-0.2, 0) is 4.57 Å². The van der Waals surface area contributed by atoms with E-state index >= 15 is 0 Å². The van der Waals surface area contributed by atoms with Crippen molar-refractivity contribution in [3.63, 3.8) is 0 Å². The minimum absolute atomic E-state index is 0.289. The van der Waals surface area contributed by atoms with Crippen molar-refractivity contribution < 1.29 is 9.46 Å². The number of hydrogen-bond donors (Lipinski definition) is 1. The first-order chi connectivity index (χ1) is 7.44. The molecule has 0 aromatic rings. The van der Waals surface area contributed by atoms with Crippen molar-refractivity contribution in [1.29, 1.82) is 0 Å². The molecule has 0 aliphatic heterocycles. The van der Waals surface area contributed by atoms with Crippen molar-refractivity contribution in [2.45, 2.75) is 44.7 Å². The van der Waals surface area contributed by atoms with E-state index < -0.39 is 12.5 Å². The molecule has 0 saturated heterocycles. The molecule has 0 radical (unpaired) electrons. The van der Waals surface area contributed by atoms with Gasteiger partial charge in [-0.3, -0.25) is 4.57 Å². The van der Waals surface area contributed by atoms with Crippen LogP contribution >= 0.6 is 7.37 Å². The smallest absolute Gasteiger partial charge is 0.210 e. The van der Waals surface area contributed by atoms with E-state index in [1.165, 1.54) is 0 Å². The fraction of sp³-hybridized carbons (Fsp3) is 0.692. The third kappa shape index (κ3) is 2.67. The molecular weight excluding hydrogens is 219 g/mol. The topological polar surface area (TPSA) is 37.3 Å². The maximum Gasteiger partial charge on any atom is 0.210 e. The fourth-order valence-corrected chi connectivity index (χ4v) is 4.53. The minimum Gasteiger partial charge on any atom is -0.344 e. The molecule has 92 valence electrons. The Morgan fingerprint density at radius 3 is 2.94 bits per heavy atom. The molecule has 1 N–H and O–H groups in total. The highest BCUT2D eigenvalue weighted by molar-refractivity contribution is 7.59. The zero-order valence-corrected chi connectivity index (χ0v) is 11.2. The van der Waals surface area contributed by atoms with Gasteiger partial charge in [0, 0.05) is 6.16 Å². The summed E-state index contributed by atoms with van der Waals surface area (Å²) < 4.78 is 12.4. The molecule has 3 atom stereocenters. The van der Waals surface area contributed by atoms with Crippen LogP contribution in [0.4, 0.5) is 0 Å². The minimum atomic E-state index is -3.10. The lowest BCUT2D eigenvalue weighted by atomic mass is 9.86. The van der Waals surface area contributed by atoms with E-state index in [1.807, 2.05) is 19.1 Å². The first-order valence-electron chi connectivity index (χ1n) is 6.04. The second-order valence-corrected chi connectivity index (χ2v) is 7.78. The molecule has 1 rings (SSSR count). The first-order valence-corrected chi connectivity index (χ1v) is 7.89. The predicted molar refractivity (Wildman–Crippen MR) is 70.1 cm³/mol. The van der Waals surface area contributed by atoms with Gasteiger partial charge in [0.05, 0.1) is 5.16 Å². The Morgan fingerprint density at radius 2 is 2.38 bits per heavy atom. The SMILES string of the molecule is C=CCCCP(=O)(O)C1(C)C=CCCC1C. The first kappa shape index (κ1) is 13.7. The van der Waals surface area contributed by atoms with E-state index in [-0.39, 0.29) is 5.92 Å². The summed E-state index contributed by atoms with van der Waals surface area (Å²) >= 11 is 0. The molecule has 1 aliphatic rings. The lowest BCUT2D eigenvalue weighted by Crippen LogP contribution is -2.33. The highest BCUT2D eigenvalue weighted by atomic mass is 31.2. The summed E-state index contributed by atoms with van der Waals surface area (Å²) in [5.41, 5.74) is 0. The summed E-state index contributed by atoms with van der Waals surface area (Å²) in [5, 5.41) is -0.521. The van der Waals surface area contributed by atoms with Gasteiger partial charge in [0.1, 0.15) is 0 Å². The van der Waals surface area contributed by atoms with E-state index in [1.54, 1.807) is 0 Å². The summed E-state index contributed by atoms with van der Waals surface area (Å²) in [4.78, 5) is 10.3. The van der Waals surface area contributed by atoms with Crippen LogP contribution in [0.2, 0.25) is 0 Å². The van der Waals surface area contributed by atoms with E-state index in [4.69, 9.17) is 0 Å². The second-order valence-electron chi connectivity index (χ2n) is 4.96. The molecule has 0 bridgehead atoms. The molecular formula is C13H23O2P. The molecule has 0 amide bonds. The Balaban J connectivity index is 2.79. The largest absolute Gasteiger partial charge is 0.344 e. The third-order valence-electron chi connectivity index (χ3n) is 3.84. The molecule has 2 nitrogen and oxygen atoms in total. The van der Waals surface area contributed by atoms with Gasteiger partial charge in [-0.05, 0) is 38.5 Å². The van der Waals surface area contributed by atoms with Crippen LogP contribution in [-0.4, -0.2) is 16.2 Å². The standard InChI is InChI=1S/C13H23O2P/c1-4-5-8-11-16(14,15)13(3)10-7-6-9-12(13)2/h4,7,10,12H,1,5-6,8-9,11H2,2-3H3,(H,14,15). The third-order valence-corrected chi connectivity index (χ3v) is 6.86. The van der Waals surface area contributed by atoms with E-state index in [2.05, 4.69) is 19.6 Å². The lowest BCUT2D eigenvalue weighted by Gasteiger charge is -2.39. The molecule has 0 aromatic heterocycles. The Kier molecular flexibility index (Phi) is 4.58. The number of unbranched alkanes of at least 4 members (excludes halogenated alkanes) is 1. The van der Waals surface area contributed by atoms with Crippen LogP contribution in [0.25, 0.3) is 0 Å². The van der Waals surface area contributed by atoms with Gasteiger partial charge < -0.3 is 4.89 Å². The lowest BCUT2D eigenvalue weighted by molar-refractivity contribution is 0.371.